The largest absolute Gasteiger partial charge is 0.372 e. The lowest BCUT2D eigenvalue weighted by molar-refractivity contribution is -0.00521. The molecule has 0 aliphatic carbocycles. The average Bonchev–Trinajstić information content (AvgIpc) is 2.55. The van der Waals surface area contributed by atoms with Crippen LogP contribution in [-0.4, -0.2) is 25.3 Å². The summed E-state index contributed by atoms with van der Waals surface area (Å²) >= 11 is 0. The first kappa shape index (κ1) is 17.0. The first-order valence-electron chi connectivity index (χ1n) is 9.07. The van der Waals surface area contributed by atoms with E-state index < -0.39 is 0 Å². The molecule has 2 heteroatoms. The molecule has 0 amide bonds. The third-order valence-electron chi connectivity index (χ3n) is 4.99. The molecule has 0 saturated carbocycles. The molecule has 2 aromatic carbocycles. The van der Waals surface area contributed by atoms with E-state index in [4.69, 9.17) is 4.74 Å². The van der Waals surface area contributed by atoms with Gasteiger partial charge in [0.05, 0.1) is 12.2 Å². The SMILES string of the molecule is Cc1ccc(CCc2ccc(N3C[C@@H](C)O[C@@H](C)C3)cc2)cc1C. The minimum absolute atomic E-state index is 0.304. The van der Waals surface area contributed by atoms with Gasteiger partial charge in [0.1, 0.15) is 0 Å². The Bertz CT molecular complexity index is 667. The molecule has 2 aromatic rings. The van der Waals surface area contributed by atoms with Crippen LogP contribution in [0.2, 0.25) is 0 Å². The number of anilines is 1. The van der Waals surface area contributed by atoms with Gasteiger partial charge in [0, 0.05) is 18.8 Å². The summed E-state index contributed by atoms with van der Waals surface area (Å²) in [6.45, 7) is 10.6. The Morgan fingerprint density at radius 1 is 0.833 bits per heavy atom. The summed E-state index contributed by atoms with van der Waals surface area (Å²) in [6.07, 6.45) is 2.81. The van der Waals surface area contributed by atoms with Crippen LogP contribution in [0.3, 0.4) is 0 Å². The summed E-state index contributed by atoms with van der Waals surface area (Å²) in [5.74, 6) is 0. The Kier molecular flexibility index (Phi) is 5.25. The topological polar surface area (TPSA) is 12.5 Å². The molecule has 1 aliphatic heterocycles. The van der Waals surface area contributed by atoms with E-state index in [0.717, 1.165) is 25.9 Å². The van der Waals surface area contributed by atoms with Crippen molar-refractivity contribution in [2.75, 3.05) is 18.0 Å². The second kappa shape index (κ2) is 7.40. The molecule has 3 rings (SSSR count). The lowest BCUT2D eigenvalue weighted by atomic mass is 10.0. The van der Waals surface area contributed by atoms with Gasteiger partial charge in [-0.25, -0.2) is 0 Å². The summed E-state index contributed by atoms with van der Waals surface area (Å²) in [5, 5.41) is 0. The van der Waals surface area contributed by atoms with Crippen molar-refractivity contribution in [3.05, 3.63) is 64.7 Å². The second-order valence-corrected chi connectivity index (χ2v) is 7.25. The summed E-state index contributed by atoms with van der Waals surface area (Å²) < 4.78 is 5.83. The fourth-order valence-corrected chi connectivity index (χ4v) is 3.51. The molecule has 0 unspecified atom stereocenters. The molecule has 1 saturated heterocycles. The van der Waals surface area contributed by atoms with Crippen LogP contribution in [-0.2, 0) is 17.6 Å². The maximum absolute atomic E-state index is 5.83. The zero-order chi connectivity index (χ0) is 17.1. The number of hydrogen-bond donors (Lipinski definition) is 0. The van der Waals surface area contributed by atoms with E-state index in [9.17, 15) is 0 Å². The highest BCUT2D eigenvalue weighted by Crippen LogP contribution is 2.21. The van der Waals surface area contributed by atoms with E-state index >= 15 is 0 Å². The summed E-state index contributed by atoms with van der Waals surface area (Å²) in [4.78, 5) is 2.44. The van der Waals surface area contributed by atoms with Crippen LogP contribution in [0.1, 0.15) is 36.1 Å². The van der Waals surface area contributed by atoms with Crippen LogP contribution in [0.5, 0.6) is 0 Å². The van der Waals surface area contributed by atoms with Crippen LogP contribution >= 0.6 is 0 Å². The van der Waals surface area contributed by atoms with Crippen LogP contribution in [0.15, 0.2) is 42.5 Å². The minimum atomic E-state index is 0.304. The van der Waals surface area contributed by atoms with Crippen LogP contribution in [0.4, 0.5) is 5.69 Å². The van der Waals surface area contributed by atoms with E-state index in [1.807, 2.05) is 0 Å². The quantitative estimate of drug-likeness (QED) is 0.808. The van der Waals surface area contributed by atoms with Crippen molar-refractivity contribution in [3.8, 4) is 0 Å². The van der Waals surface area contributed by atoms with Crippen molar-refractivity contribution in [3.63, 3.8) is 0 Å². The molecule has 128 valence electrons. The van der Waals surface area contributed by atoms with Gasteiger partial charge in [-0.1, -0.05) is 30.3 Å². The summed E-state index contributed by atoms with van der Waals surface area (Å²) in [5.41, 5.74) is 6.91. The second-order valence-electron chi connectivity index (χ2n) is 7.25. The molecule has 0 bridgehead atoms. The molecule has 0 spiro atoms. The molecule has 24 heavy (non-hydrogen) atoms. The van der Waals surface area contributed by atoms with Gasteiger partial charge in [-0.3, -0.25) is 0 Å². The monoisotopic (exact) mass is 323 g/mol. The van der Waals surface area contributed by atoms with Crippen molar-refractivity contribution in [2.45, 2.75) is 52.7 Å². The lowest BCUT2D eigenvalue weighted by Gasteiger charge is -2.36. The van der Waals surface area contributed by atoms with E-state index in [-0.39, 0.29) is 0 Å². The number of aryl methyl sites for hydroxylation is 4. The Hall–Kier alpha value is -1.80. The third-order valence-corrected chi connectivity index (χ3v) is 4.99. The average molecular weight is 323 g/mol. The smallest absolute Gasteiger partial charge is 0.0726 e. The standard InChI is InChI=1S/C22H29NO/c1-16-5-6-21(13-17(16)2)8-7-20-9-11-22(12-10-20)23-14-18(3)24-19(4)15-23/h5-6,9-13,18-19H,7-8,14-15H2,1-4H3/t18-,19+. The lowest BCUT2D eigenvalue weighted by Crippen LogP contribution is -2.45. The highest BCUT2D eigenvalue weighted by molar-refractivity contribution is 5.48. The van der Waals surface area contributed by atoms with Crippen LogP contribution < -0.4 is 4.90 Å². The number of rotatable bonds is 4. The highest BCUT2D eigenvalue weighted by atomic mass is 16.5. The molecular weight excluding hydrogens is 294 g/mol. The van der Waals surface area contributed by atoms with Gasteiger partial charge in [-0.05, 0) is 74.9 Å². The molecule has 1 heterocycles. The van der Waals surface area contributed by atoms with Crippen molar-refractivity contribution < 1.29 is 4.74 Å². The number of benzene rings is 2. The van der Waals surface area contributed by atoms with Gasteiger partial charge >= 0.3 is 0 Å². The zero-order valence-electron chi connectivity index (χ0n) is 15.4. The Morgan fingerprint density at radius 2 is 1.42 bits per heavy atom. The number of nitrogens with zero attached hydrogens (tertiary/aromatic N) is 1. The van der Waals surface area contributed by atoms with Gasteiger partial charge in [-0.2, -0.15) is 0 Å². The van der Waals surface area contributed by atoms with Crippen molar-refractivity contribution >= 4 is 5.69 Å². The predicted octanol–water partition coefficient (Wildman–Crippen LogP) is 4.70. The minimum Gasteiger partial charge on any atom is -0.372 e. The van der Waals surface area contributed by atoms with Crippen molar-refractivity contribution in [1.29, 1.82) is 0 Å². The molecule has 0 radical (unpaired) electrons. The van der Waals surface area contributed by atoms with Crippen LogP contribution in [0, 0.1) is 13.8 Å². The molecule has 1 fully saturated rings. The molecule has 2 atom stereocenters. The van der Waals surface area contributed by atoms with E-state index in [2.05, 4.69) is 75.1 Å². The first-order chi connectivity index (χ1) is 11.5. The maximum atomic E-state index is 5.83. The van der Waals surface area contributed by atoms with E-state index in [0.29, 0.717) is 12.2 Å². The van der Waals surface area contributed by atoms with Gasteiger partial charge in [0.15, 0.2) is 0 Å². The molecular formula is C22H29NO. The van der Waals surface area contributed by atoms with E-state index in [1.54, 1.807) is 0 Å². The van der Waals surface area contributed by atoms with Gasteiger partial charge in [-0.15, -0.1) is 0 Å². The zero-order valence-corrected chi connectivity index (χ0v) is 15.4. The Labute approximate surface area is 146 Å². The Balaban J connectivity index is 1.61. The van der Waals surface area contributed by atoms with Gasteiger partial charge < -0.3 is 9.64 Å². The Morgan fingerprint density at radius 3 is 2.04 bits per heavy atom. The number of morpholine rings is 1. The fourth-order valence-electron chi connectivity index (χ4n) is 3.51. The summed E-state index contributed by atoms with van der Waals surface area (Å²) in [6, 6.07) is 15.9. The fraction of sp³-hybridized carbons (Fsp3) is 0.455. The van der Waals surface area contributed by atoms with Gasteiger partial charge in [0.2, 0.25) is 0 Å². The van der Waals surface area contributed by atoms with Gasteiger partial charge in [0.25, 0.3) is 0 Å². The third kappa shape index (κ3) is 4.18. The van der Waals surface area contributed by atoms with E-state index in [1.165, 1.54) is 27.9 Å². The molecule has 2 nitrogen and oxygen atoms in total. The number of ether oxygens (including phenoxy) is 1. The van der Waals surface area contributed by atoms with Crippen molar-refractivity contribution in [1.82, 2.24) is 0 Å². The molecule has 1 aliphatic rings. The maximum Gasteiger partial charge on any atom is 0.0726 e. The predicted molar refractivity (Wildman–Crippen MR) is 102 cm³/mol. The molecule has 0 aromatic heterocycles. The van der Waals surface area contributed by atoms with Crippen molar-refractivity contribution in [2.24, 2.45) is 0 Å². The molecule has 0 N–H and O–H groups in total. The number of hydrogen-bond acceptors (Lipinski definition) is 2. The van der Waals surface area contributed by atoms with Crippen LogP contribution in [0.25, 0.3) is 0 Å². The summed E-state index contributed by atoms with van der Waals surface area (Å²) in [7, 11) is 0. The highest BCUT2D eigenvalue weighted by Gasteiger charge is 2.22. The first-order valence-corrected chi connectivity index (χ1v) is 9.07. The normalized spacial score (nSPS) is 21.1.